The van der Waals surface area contributed by atoms with Gasteiger partial charge in [-0.15, -0.1) is 0 Å². The fourth-order valence-corrected chi connectivity index (χ4v) is 1.98. The summed E-state index contributed by atoms with van der Waals surface area (Å²) < 4.78 is 0. The van der Waals surface area contributed by atoms with Gasteiger partial charge in [0.25, 0.3) is 0 Å². The van der Waals surface area contributed by atoms with Gasteiger partial charge in [-0.3, -0.25) is 4.99 Å². The van der Waals surface area contributed by atoms with Crippen LogP contribution in [0.25, 0.3) is 11.6 Å². The third-order valence-corrected chi connectivity index (χ3v) is 2.88. The predicted molar refractivity (Wildman–Crippen MR) is 71.1 cm³/mol. The van der Waals surface area contributed by atoms with E-state index in [1.54, 1.807) is 0 Å². The highest BCUT2D eigenvalue weighted by atomic mass is 14.8. The van der Waals surface area contributed by atoms with Gasteiger partial charge in [0.1, 0.15) is 0 Å². The average molecular weight is 223 g/mol. The Balaban J connectivity index is 2.05. The van der Waals surface area contributed by atoms with Crippen LogP contribution in [0.3, 0.4) is 0 Å². The van der Waals surface area contributed by atoms with Gasteiger partial charge >= 0.3 is 0 Å². The van der Waals surface area contributed by atoms with E-state index in [1.807, 2.05) is 36.7 Å². The number of allylic oxidation sites excluding steroid dienone is 1. The first-order chi connectivity index (χ1) is 8.36. The number of hydrogen-bond donors (Lipinski definition) is 2. The van der Waals surface area contributed by atoms with Crippen LogP contribution >= 0.6 is 0 Å². The van der Waals surface area contributed by atoms with Crippen molar-refractivity contribution in [3.8, 4) is 0 Å². The summed E-state index contributed by atoms with van der Waals surface area (Å²) in [4.78, 5) is 7.55. The largest absolute Gasteiger partial charge is 0.362 e. The standard InChI is InChI=1S/C14H13N3/c15-8-10-3-4-14-13(6-10)11(9-17-14)7-12-2-1-5-16-12/h1-7,9,16H,8,15H2. The molecule has 1 aromatic carbocycles. The van der Waals surface area contributed by atoms with E-state index in [1.165, 1.54) is 0 Å². The number of nitrogens with two attached hydrogens (primary N) is 1. The number of fused-ring (bicyclic) bond motifs is 1. The van der Waals surface area contributed by atoms with E-state index < -0.39 is 0 Å². The van der Waals surface area contributed by atoms with Crippen molar-refractivity contribution in [1.82, 2.24) is 4.98 Å². The van der Waals surface area contributed by atoms with Gasteiger partial charge in [-0.2, -0.15) is 0 Å². The molecule has 1 aromatic heterocycles. The number of aromatic amines is 1. The van der Waals surface area contributed by atoms with Crippen LogP contribution in [0.1, 0.15) is 16.8 Å². The lowest BCUT2D eigenvalue weighted by atomic mass is 10.0. The highest BCUT2D eigenvalue weighted by Gasteiger charge is 2.12. The lowest BCUT2D eigenvalue weighted by molar-refractivity contribution is 1.07. The zero-order valence-corrected chi connectivity index (χ0v) is 9.35. The maximum Gasteiger partial charge on any atom is 0.0709 e. The zero-order valence-electron chi connectivity index (χ0n) is 9.35. The Labute approximate surface area is 99.7 Å². The Kier molecular flexibility index (Phi) is 2.38. The molecule has 3 nitrogen and oxygen atoms in total. The molecule has 3 rings (SSSR count). The number of aliphatic imine (C=N–C) groups is 1. The van der Waals surface area contributed by atoms with Crippen LogP contribution < -0.4 is 5.73 Å². The summed E-state index contributed by atoms with van der Waals surface area (Å²) in [5.41, 5.74) is 11.2. The van der Waals surface area contributed by atoms with Gasteiger partial charge in [0, 0.05) is 35.8 Å². The van der Waals surface area contributed by atoms with Crippen LogP contribution in [0.4, 0.5) is 5.69 Å². The maximum atomic E-state index is 5.66. The molecule has 0 unspecified atom stereocenters. The van der Waals surface area contributed by atoms with E-state index in [0.717, 1.165) is 28.1 Å². The van der Waals surface area contributed by atoms with Crippen molar-refractivity contribution in [2.24, 2.45) is 10.7 Å². The quantitative estimate of drug-likeness (QED) is 0.808. The second-order valence-corrected chi connectivity index (χ2v) is 4.04. The van der Waals surface area contributed by atoms with Gasteiger partial charge in [0.15, 0.2) is 0 Å². The SMILES string of the molecule is NCc1ccc2c(c1)C(=Cc1ccc[nH]1)C=N2. The molecule has 2 heterocycles. The molecule has 1 aliphatic rings. The van der Waals surface area contributed by atoms with Crippen LogP contribution in [0.15, 0.2) is 41.5 Å². The minimum Gasteiger partial charge on any atom is -0.362 e. The van der Waals surface area contributed by atoms with Gasteiger partial charge in [0.2, 0.25) is 0 Å². The summed E-state index contributed by atoms with van der Waals surface area (Å²) in [5, 5.41) is 0. The summed E-state index contributed by atoms with van der Waals surface area (Å²) in [6, 6.07) is 10.2. The molecule has 3 heteroatoms. The predicted octanol–water partition coefficient (Wildman–Crippen LogP) is 2.73. The van der Waals surface area contributed by atoms with Crippen molar-refractivity contribution < 1.29 is 0 Å². The smallest absolute Gasteiger partial charge is 0.0709 e. The van der Waals surface area contributed by atoms with Crippen molar-refractivity contribution >= 4 is 23.6 Å². The second kappa shape index (κ2) is 4.03. The molecule has 0 atom stereocenters. The summed E-state index contributed by atoms with van der Waals surface area (Å²) in [6.07, 6.45) is 5.90. The van der Waals surface area contributed by atoms with Gasteiger partial charge in [0.05, 0.1) is 5.69 Å². The molecule has 0 saturated carbocycles. The molecular formula is C14H13N3. The maximum absolute atomic E-state index is 5.66. The summed E-state index contributed by atoms with van der Waals surface area (Å²) in [7, 11) is 0. The minimum absolute atomic E-state index is 0.559. The Morgan fingerprint density at radius 3 is 3.00 bits per heavy atom. The van der Waals surface area contributed by atoms with Crippen molar-refractivity contribution in [2.75, 3.05) is 0 Å². The van der Waals surface area contributed by atoms with E-state index in [4.69, 9.17) is 5.73 Å². The van der Waals surface area contributed by atoms with Gasteiger partial charge in [-0.25, -0.2) is 0 Å². The monoisotopic (exact) mass is 223 g/mol. The van der Waals surface area contributed by atoms with Gasteiger partial charge in [-0.05, 0) is 35.9 Å². The van der Waals surface area contributed by atoms with E-state index in [0.29, 0.717) is 6.54 Å². The molecule has 0 amide bonds. The molecule has 0 aliphatic carbocycles. The number of nitrogens with zero attached hydrogens (tertiary/aromatic N) is 1. The van der Waals surface area contributed by atoms with Crippen molar-refractivity contribution in [3.05, 3.63) is 53.3 Å². The van der Waals surface area contributed by atoms with Crippen molar-refractivity contribution in [2.45, 2.75) is 6.54 Å². The first-order valence-electron chi connectivity index (χ1n) is 5.59. The van der Waals surface area contributed by atoms with Gasteiger partial charge < -0.3 is 10.7 Å². The first kappa shape index (κ1) is 10.1. The van der Waals surface area contributed by atoms with E-state index in [2.05, 4.69) is 22.1 Å². The van der Waals surface area contributed by atoms with Crippen LogP contribution in [0.5, 0.6) is 0 Å². The number of hydrogen-bond acceptors (Lipinski definition) is 2. The molecule has 0 bridgehead atoms. The van der Waals surface area contributed by atoms with E-state index in [-0.39, 0.29) is 0 Å². The molecule has 84 valence electrons. The normalized spacial score (nSPS) is 15.5. The Hall–Kier alpha value is -2.13. The Morgan fingerprint density at radius 2 is 2.24 bits per heavy atom. The Bertz CT molecular complexity index is 592. The van der Waals surface area contributed by atoms with Crippen molar-refractivity contribution in [1.29, 1.82) is 0 Å². The van der Waals surface area contributed by atoms with Crippen LogP contribution in [-0.4, -0.2) is 11.2 Å². The lowest BCUT2D eigenvalue weighted by Gasteiger charge is -2.02. The topological polar surface area (TPSA) is 54.2 Å². The molecule has 0 fully saturated rings. The molecular weight excluding hydrogens is 210 g/mol. The second-order valence-electron chi connectivity index (χ2n) is 4.04. The van der Waals surface area contributed by atoms with E-state index in [9.17, 15) is 0 Å². The minimum atomic E-state index is 0.559. The van der Waals surface area contributed by atoms with Gasteiger partial charge in [-0.1, -0.05) is 6.07 Å². The molecule has 3 N–H and O–H groups in total. The van der Waals surface area contributed by atoms with Crippen LogP contribution in [-0.2, 0) is 6.54 Å². The molecule has 17 heavy (non-hydrogen) atoms. The Morgan fingerprint density at radius 1 is 1.29 bits per heavy atom. The van der Waals surface area contributed by atoms with Crippen LogP contribution in [0, 0.1) is 0 Å². The zero-order chi connectivity index (χ0) is 11.7. The third-order valence-electron chi connectivity index (χ3n) is 2.88. The first-order valence-corrected chi connectivity index (χ1v) is 5.59. The van der Waals surface area contributed by atoms with Crippen molar-refractivity contribution in [3.63, 3.8) is 0 Å². The number of H-pyrrole nitrogens is 1. The molecule has 0 radical (unpaired) electrons. The molecule has 0 saturated heterocycles. The number of rotatable bonds is 2. The number of benzene rings is 1. The fraction of sp³-hybridized carbons (Fsp3) is 0.0714. The molecule has 1 aliphatic heterocycles. The van der Waals surface area contributed by atoms with E-state index >= 15 is 0 Å². The lowest BCUT2D eigenvalue weighted by Crippen LogP contribution is -1.96. The highest BCUT2D eigenvalue weighted by molar-refractivity contribution is 6.21. The average Bonchev–Trinajstić information content (AvgIpc) is 2.99. The summed E-state index contributed by atoms with van der Waals surface area (Å²) >= 11 is 0. The summed E-state index contributed by atoms with van der Waals surface area (Å²) in [6.45, 7) is 0.559. The molecule has 0 spiro atoms. The fourth-order valence-electron chi connectivity index (χ4n) is 1.98. The third kappa shape index (κ3) is 1.81. The molecule has 2 aromatic rings. The highest BCUT2D eigenvalue weighted by Crippen LogP contribution is 2.33. The number of nitrogens with one attached hydrogen (secondary N) is 1. The van der Waals surface area contributed by atoms with Crippen LogP contribution in [0.2, 0.25) is 0 Å². The summed E-state index contributed by atoms with van der Waals surface area (Å²) in [5.74, 6) is 0. The number of aromatic nitrogens is 1.